The van der Waals surface area contributed by atoms with Gasteiger partial charge in [0, 0.05) is 19.1 Å². The number of hydrogen-bond donors (Lipinski definition) is 1. The molecule has 3 nitrogen and oxygen atoms in total. The van der Waals surface area contributed by atoms with E-state index in [0.717, 1.165) is 13.0 Å². The van der Waals surface area contributed by atoms with Crippen LogP contribution in [0.2, 0.25) is 0 Å². The summed E-state index contributed by atoms with van der Waals surface area (Å²) in [4.78, 5) is 13.0. The molecule has 0 bridgehead atoms. The monoisotopic (exact) mass is 154 g/mol. The van der Waals surface area contributed by atoms with Crippen molar-refractivity contribution in [2.24, 2.45) is 5.73 Å². The molecule has 1 heterocycles. The van der Waals surface area contributed by atoms with E-state index in [9.17, 15) is 4.79 Å². The van der Waals surface area contributed by atoms with Crippen LogP contribution in [0.1, 0.15) is 13.3 Å². The molecule has 1 atom stereocenters. The van der Waals surface area contributed by atoms with Crippen molar-refractivity contribution in [3.63, 3.8) is 0 Å². The molecule has 0 aromatic carbocycles. The smallest absolute Gasteiger partial charge is 0.246 e. The van der Waals surface area contributed by atoms with E-state index in [0.29, 0.717) is 6.54 Å². The number of allylic oxidation sites excluding steroid dienone is 1. The molecule has 11 heavy (non-hydrogen) atoms. The van der Waals surface area contributed by atoms with Crippen molar-refractivity contribution in [1.82, 2.24) is 4.90 Å². The van der Waals surface area contributed by atoms with Crippen LogP contribution in [-0.4, -0.2) is 29.9 Å². The van der Waals surface area contributed by atoms with E-state index in [1.165, 1.54) is 0 Å². The van der Waals surface area contributed by atoms with E-state index in [-0.39, 0.29) is 11.9 Å². The molecule has 1 aliphatic heterocycles. The summed E-state index contributed by atoms with van der Waals surface area (Å²) in [6, 6.07) is 0.184. The van der Waals surface area contributed by atoms with Gasteiger partial charge >= 0.3 is 0 Å². The first-order valence-electron chi connectivity index (χ1n) is 3.91. The molecule has 0 aliphatic carbocycles. The maximum atomic E-state index is 11.2. The van der Waals surface area contributed by atoms with Crippen LogP contribution in [0, 0.1) is 0 Å². The van der Waals surface area contributed by atoms with Crippen LogP contribution in [0.4, 0.5) is 0 Å². The van der Waals surface area contributed by atoms with Crippen LogP contribution < -0.4 is 5.73 Å². The predicted molar refractivity (Wildman–Crippen MR) is 44.0 cm³/mol. The van der Waals surface area contributed by atoms with E-state index >= 15 is 0 Å². The highest BCUT2D eigenvalue weighted by Crippen LogP contribution is 2.06. The Balaban J connectivity index is 2.43. The number of likely N-dealkylation sites (tertiary alicyclic amines) is 1. The van der Waals surface area contributed by atoms with Crippen molar-refractivity contribution in [2.75, 3.05) is 13.1 Å². The number of nitrogens with two attached hydrogens (primary N) is 1. The molecule has 1 rings (SSSR count). The van der Waals surface area contributed by atoms with Crippen molar-refractivity contribution in [1.29, 1.82) is 0 Å². The minimum atomic E-state index is 0.0838. The van der Waals surface area contributed by atoms with Crippen molar-refractivity contribution in [3.8, 4) is 0 Å². The molecular weight excluding hydrogens is 140 g/mol. The Bertz CT molecular complexity index is 177. The molecule has 0 spiro atoms. The second kappa shape index (κ2) is 3.53. The maximum absolute atomic E-state index is 11.2. The van der Waals surface area contributed by atoms with Gasteiger partial charge in [0.25, 0.3) is 0 Å². The summed E-state index contributed by atoms with van der Waals surface area (Å²) in [7, 11) is 0. The summed E-state index contributed by atoms with van der Waals surface area (Å²) in [5, 5.41) is 0. The topological polar surface area (TPSA) is 46.3 Å². The summed E-state index contributed by atoms with van der Waals surface area (Å²) in [6.45, 7) is 3.36. The first-order valence-corrected chi connectivity index (χ1v) is 3.91. The van der Waals surface area contributed by atoms with Gasteiger partial charge in [-0.3, -0.25) is 4.79 Å². The number of nitrogens with zero attached hydrogens (tertiary/aromatic N) is 1. The van der Waals surface area contributed by atoms with Crippen molar-refractivity contribution >= 4 is 5.91 Å². The molecule has 1 saturated heterocycles. The van der Waals surface area contributed by atoms with E-state index in [1.54, 1.807) is 17.1 Å². The Hall–Kier alpha value is -0.830. The fourth-order valence-corrected chi connectivity index (χ4v) is 1.24. The summed E-state index contributed by atoms with van der Waals surface area (Å²) < 4.78 is 0. The molecule has 3 heteroatoms. The average molecular weight is 154 g/mol. The van der Waals surface area contributed by atoms with Crippen molar-refractivity contribution in [2.45, 2.75) is 19.4 Å². The molecule has 0 unspecified atom stereocenters. The molecule has 1 amide bonds. The molecular formula is C8H14N2O. The third kappa shape index (κ3) is 2.05. The van der Waals surface area contributed by atoms with E-state index in [2.05, 4.69) is 0 Å². The van der Waals surface area contributed by atoms with Gasteiger partial charge in [-0.15, -0.1) is 0 Å². The van der Waals surface area contributed by atoms with Crippen LogP contribution in [0.5, 0.6) is 0 Å². The number of carbonyl (C=O) groups excluding carboxylic acids is 1. The average Bonchev–Trinajstić information content (AvgIpc) is 2.36. The largest absolute Gasteiger partial charge is 0.338 e. The van der Waals surface area contributed by atoms with Gasteiger partial charge in [-0.1, -0.05) is 6.08 Å². The maximum Gasteiger partial charge on any atom is 0.246 e. The third-order valence-electron chi connectivity index (χ3n) is 1.85. The van der Waals surface area contributed by atoms with Gasteiger partial charge in [0.05, 0.1) is 0 Å². The van der Waals surface area contributed by atoms with E-state index < -0.39 is 0 Å². The van der Waals surface area contributed by atoms with Crippen molar-refractivity contribution in [3.05, 3.63) is 12.2 Å². The molecule has 0 aromatic heterocycles. The fraction of sp³-hybridized carbons (Fsp3) is 0.625. The Kier molecular flexibility index (Phi) is 2.65. The summed E-state index contributed by atoms with van der Waals surface area (Å²) >= 11 is 0. The van der Waals surface area contributed by atoms with Crippen LogP contribution in [0.3, 0.4) is 0 Å². The van der Waals surface area contributed by atoms with Gasteiger partial charge in [0.2, 0.25) is 5.91 Å². The number of rotatable bonds is 1. The SMILES string of the molecule is C/C=C/C(=O)N1CC[C@@H](N)C1. The van der Waals surface area contributed by atoms with Gasteiger partial charge in [-0.25, -0.2) is 0 Å². The molecule has 0 radical (unpaired) electrons. The quantitative estimate of drug-likeness (QED) is 0.545. The zero-order valence-electron chi connectivity index (χ0n) is 6.79. The van der Waals surface area contributed by atoms with Gasteiger partial charge in [-0.05, 0) is 19.4 Å². The van der Waals surface area contributed by atoms with Crippen LogP contribution in [-0.2, 0) is 4.79 Å². The number of amides is 1. The normalized spacial score (nSPS) is 24.9. The first-order chi connectivity index (χ1) is 5.24. The van der Waals surface area contributed by atoms with Gasteiger partial charge in [0.15, 0.2) is 0 Å². The standard InChI is InChI=1S/C8H14N2O/c1-2-3-8(11)10-5-4-7(9)6-10/h2-3,7H,4-6,9H2,1H3/b3-2+/t7-/m1/s1. The summed E-state index contributed by atoms with van der Waals surface area (Å²) in [5.41, 5.74) is 5.64. The van der Waals surface area contributed by atoms with Crippen LogP contribution >= 0.6 is 0 Å². The molecule has 1 aliphatic rings. The lowest BCUT2D eigenvalue weighted by Crippen LogP contribution is -2.30. The Labute approximate surface area is 66.9 Å². The zero-order chi connectivity index (χ0) is 8.27. The summed E-state index contributed by atoms with van der Waals surface area (Å²) in [6.07, 6.45) is 4.27. The zero-order valence-corrected chi connectivity index (χ0v) is 6.79. The lowest BCUT2D eigenvalue weighted by Gasteiger charge is -2.12. The second-order valence-corrected chi connectivity index (χ2v) is 2.83. The highest BCUT2D eigenvalue weighted by Gasteiger charge is 2.21. The first kappa shape index (κ1) is 8.27. The highest BCUT2D eigenvalue weighted by molar-refractivity contribution is 5.87. The molecule has 2 N–H and O–H groups in total. The fourth-order valence-electron chi connectivity index (χ4n) is 1.24. The number of carbonyl (C=O) groups is 1. The minimum absolute atomic E-state index is 0.0838. The molecule has 1 fully saturated rings. The number of hydrogen-bond acceptors (Lipinski definition) is 2. The van der Waals surface area contributed by atoms with Gasteiger partial charge in [0.1, 0.15) is 0 Å². The second-order valence-electron chi connectivity index (χ2n) is 2.83. The van der Waals surface area contributed by atoms with Crippen LogP contribution in [0.15, 0.2) is 12.2 Å². The Morgan fingerprint density at radius 1 is 1.73 bits per heavy atom. The Morgan fingerprint density at radius 3 is 2.91 bits per heavy atom. The molecule has 62 valence electrons. The summed E-state index contributed by atoms with van der Waals surface area (Å²) in [5.74, 6) is 0.0838. The van der Waals surface area contributed by atoms with Gasteiger partial charge < -0.3 is 10.6 Å². The molecule has 0 saturated carbocycles. The Morgan fingerprint density at radius 2 is 2.45 bits per heavy atom. The minimum Gasteiger partial charge on any atom is -0.338 e. The lowest BCUT2D eigenvalue weighted by atomic mass is 10.3. The third-order valence-corrected chi connectivity index (χ3v) is 1.85. The van der Waals surface area contributed by atoms with E-state index in [4.69, 9.17) is 5.73 Å². The molecule has 0 aromatic rings. The van der Waals surface area contributed by atoms with Gasteiger partial charge in [-0.2, -0.15) is 0 Å². The lowest BCUT2D eigenvalue weighted by molar-refractivity contribution is -0.125. The van der Waals surface area contributed by atoms with E-state index in [1.807, 2.05) is 6.92 Å². The van der Waals surface area contributed by atoms with Crippen LogP contribution in [0.25, 0.3) is 0 Å². The predicted octanol–water partition coefficient (Wildman–Crippen LogP) is 0.122. The van der Waals surface area contributed by atoms with Crippen molar-refractivity contribution < 1.29 is 4.79 Å². The highest BCUT2D eigenvalue weighted by atomic mass is 16.2.